The van der Waals surface area contributed by atoms with Gasteiger partial charge in [0.15, 0.2) is 0 Å². The quantitative estimate of drug-likeness (QED) is 0.572. The van der Waals surface area contributed by atoms with Crippen molar-refractivity contribution in [1.82, 2.24) is 15.7 Å². The highest BCUT2D eigenvalue weighted by molar-refractivity contribution is 5.93. The van der Waals surface area contributed by atoms with Crippen LogP contribution in [0.4, 0.5) is 4.39 Å². The monoisotopic (exact) mass is 333 g/mol. The first-order valence-corrected chi connectivity index (χ1v) is 8.88. The van der Waals surface area contributed by atoms with Crippen LogP contribution in [0.1, 0.15) is 53.6 Å². The highest BCUT2D eigenvalue weighted by Crippen LogP contribution is 2.43. The molecule has 1 saturated heterocycles. The summed E-state index contributed by atoms with van der Waals surface area (Å²) in [6, 6.07) is 3.42. The zero-order valence-corrected chi connectivity index (χ0v) is 13.8. The van der Waals surface area contributed by atoms with Gasteiger partial charge in [-0.15, -0.1) is 0 Å². The number of fused-ring (bicyclic) bond motifs is 1. The Kier molecular flexibility index (Phi) is 4.06. The fraction of sp³-hybridized carbons (Fsp3) is 0.611. The molecule has 24 heavy (non-hydrogen) atoms. The lowest BCUT2D eigenvalue weighted by molar-refractivity contribution is -0.0127. The molecule has 5 nitrogen and oxygen atoms in total. The van der Waals surface area contributed by atoms with Crippen LogP contribution in [0.5, 0.6) is 0 Å². The summed E-state index contributed by atoms with van der Waals surface area (Å²) in [4.78, 5) is 14.0. The van der Waals surface area contributed by atoms with E-state index in [1.807, 2.05) is 0 Å². The molecule has 130 valence electrons. The molecule has 1 saturated carbocycles. The molecule has 2 heterocycles. The lowest BCUT2D eigenvalue weighted by Crippen LogP contribution is -2.69. The van der Waals surface area contributed by atoms with Gasteiger partial charge in [-0.2, -0.15) is 0 Å². The largest absolute Gasteiger partial charge is 0.310 e. The van der Waals surface area contributed by atoms with Crippen LogP contribution < -0.4 is 10.8 Å². The van der Waals surface area contributed by atoms with Crippen molar-refractivity contribution in [1.29, 1.82) is 0 Å². The van der Waals surface area contributed by atoms with Crippen molar-refractivity contribution in [2.45, 2.75) is 56.7 Å². The molecule has 0 unspecified atom stereocenters. The predicted octanol–water partition coefficient (Wildman–Crippen LogP) is 1.98. The van der Waals surface area contributed by atoms with Gasteiger partial charge in [0.2, 0.25) is 0 Å². The van der Waals surface area contributed by atoms with E-state index in [1.54, 1.807) is 11.5 Å². The van der Waals surface area contributed by atoms with Crippen molar-refractivity contribution in [3.05, 3.63) is 34.6 Å². The van der Waals surface area contributed by atoms with Gasteiger partial charge in [-0.3, -0.25) is 14.9 Å². The molecule has 3 N–H and O–H groups in total. The number of piperidine rings is 1. The topological polar surface area (TPSA) is 64.6 Å². The fourth-order valence-corrected chi connectivity index (χ4v) is 4.74. The molecular formula is C18H24FN3O2. The lowest BCUT2D eigenvalue weighted by Gasteiger charge is -2.57. The molecule has 3 aliphatic rings. The first kappa shape index (κ1) is 16.0. The third kappa shape index (κ3) is 2.53. The number of amides is 1. The zero-order chi connectivity index (χ0) is 16.7. The molecule has 0 radical (unpaired) electrons. The minimum absolute atomic E-state index is 0.177. The maximum Gasteiger partial charge on any atom is 0.274 e. The van der Waals surface area contributed by atoms with Gasteiger partial charge < -0.3 is 5.32 Å². The van der Waals surface area contributed by atoms with Crippen LogP contribution in [0, 0.1) is 5.82 Å². The van der Waals surface area contributed by atoms with Crippen LogP contribution in [-0.4, -0.2) is 40.7 Å². The summed E-state index contributed by atoms with van der Waals surface area (Å²) in [5.41, 5.74) is 3.58. The Morgan fingerprint density at radius 1 is 1.38 bits per heavy atom. The summed E-state index contributed by atoms with van der Waals surface area (Å²) in [6.45, 7) is 2.59. The van der Waals surface area contributed by atoms with Gasteiger partial charge in [-0.25, -0.2) is 9.87 Å². The molecule has 2 atom stereocenters. The van der Waals surface area contributed by atoms with Gasteiger partial charge in [0, 0.05) is 35.8 Å². The van der Waals surface area contributed by atoms with Gasteiger partial charge in [0.05, 0.1) is 0 Å². The van der Waals surface area contributed by atoms with Crippen molar-refractivity contribution in [2.24, 2.45) is 0 Å². The fourth-order valence-electron chi connectivity index (χ4n) is 4.74. The maximum absolute atomic E-state index is 14.5. The smallest absolute Gasteiger partial charge is 0.274 e. The highest BCUT2D eigenvalue weighted by Gasteiger charge is 2.50. The van der Waals surface area contributed by atoms with Crippen LogP contribution in [0.15, 0.2) is 12.1 Å². The number of carbonyl (C=O) groups is 1. The standard InChI is InChI=1S/C18H24FN3O2/c19-15-10-13(17(23)21-24)9-12-4-8-22(11-14(12)15)16-3-6-18(16)5-1-2-7-20-18/h9-10,16,20,24H,1-8,11H2,(H,21,23)/t16-,18+/m1/s1. The zero-order valence-electron chi connectivity index (χ0n) is 13.8. The Labute approximate surface area is 141 Å². The van der Waals surface area contributed by atoms with E-state index in [9.17, 15) is 9.18 Å². The van der Waals surface area contributed by atoms with Gasteiger partial charge in [-0.1, -0.05) is 6.42 Å². The van der Waals surface area contributed by atoms with Crippen molar-refractivity contribution in [2.75, 3.05) is 13.1 Å². The Balaban J connectivity index is 1.55. The molecule has 0 bridgehead atoms. The van der Waals surface area contributed by atoms with Crippen LogP contribution in [0.3, 0.4) is 0 Å². The van der Waals surface area contributed by atoms with E-state index in [1.165, 1.54) is 38.2 Å². The second kappa shape index (κ2) is 6.10. The van der Waals surface area contributed by atoms with Gasteiger partial charge in [0.25, 0.3) is 5.91 Å². The number of rotatable bonds is 2. The number of carbonyl (C=O) groups excluding carboxylic acids is 1. The number of benzene rings is 1. The van der Waals surface area contributed by atoms with E-state index < -0.39 is 5.91 Å². The average Bonchev–Trinajstić information content (AvgIpc) is 2.61. The van der Waals surface area contributed by atoms with Crippen molar-refractivity contribution in [3.63, 3.8) is 0 Å². The molecule has 1 aromatic rings. The molecular weight excluding hydrogens is 309 g/mol. The van der Waals surface area contributed by atoms with E-state index in [2.05, 4.69) is 10.2 Å². The number of hydrogen-bond donors (Lipinski definition) is 3. The first-order valence-electron chi connectivity index (χ1n) is 8.88. The molecule has 2 aliphatic heterocycles. The van der Waals surface area contributed by atoms with Crippen LogP contribution >= 0.6 is 0 Å². The Bertz CT molecular complexity index is 658. The summed E-state index contributed by atoms with van der Waals surface area (Å²) < 4.78 is 14.5. The van der Waals surface area contributed by atoms with E-state index in [0.717, 1.165) is 25.1 Å². The summed E-state index contributed by atoms with van der Waals surface area (Å²) in [7, 11) is 0. The average molecular weight is 333 g/mol. The number of nitrogens with zero attached hydrogens (tertiary/aromatic N) is 1. The molecule has 1 amide bonds. The SMILES string of the molecule is O=C(NO)c1cc(F)c2c(c1)CCN([C@@H]1CC[C@@]13CCCCN3)C2. The second-order valence-electron chi connectivity index (χ2n) is 7.35. The van der Waals surface area contributed by atoms with Gasteiger partial charge in [0.1, 0.15) is 5.82 Å². The molecule has 1 aliphatic carbocycles. The van der Waals surface area contributed by atoms with Gasteiger partial charge >= 0.3 is 0 Å². The van der Waals surface area contributed by atoms with E-state index >= 15 is 0 Å². The van der Waals surface area contributed by atoms with Crippen molar-refractivity contribution < 1.29 is 14.4 Å². The molecule has 2 fully saturated rings. The van der Waals surface area contributed by atoms with Crippen LogP contribution in [0.25, 0.3) is 0 Å². The lowest BCUT2D eigenvalue weighted by atomic mass is 9.66. The third-order valence-corrected chi connectivity index (χ3v) is 6.15. The Morgan fingerprint density at radius 3 is 2.92 bits per heavy atom. The highest BCUT2D eigenvalue weighted by atomic mass is 19.1. The minimum Gasteiger partial charge on any atom is -0.310 e. The minimum atomic E-state index is -0.663. The second-order valence-corrected chi connectivity index (χ2v) is 7.35. The number of hydrogen-bond acceptors (Lipinski definition) is 4. The summed E-state index contributed by atoms with van der Waals surface area (Å²) in [5, 5.41) is 12.5. The Morgan fingerprint density at radius 2 is 2.25 bits per heavy atom. The van der Waals surface area contributed by atoms with E-state index in [4.69, 9.17) is 5.21 Å². The number of hydroxylamine groups is 1. The molecule has 4 rings (SSSR count). The van der Waals surface area contributed by atoms with E-state index in [-0.39, 0.29) is 16.9 Å². The normalized spacial score (nSPS) is 29.8. The third-order valence-electron chi connectivity index (χ3n) is 6.15. The van der Waals surface area contributed by atoms with Crippen LogP contribution in [0.2, 0.25) is 0 Å². The van der Waals surface area contributed by atoms with E-state index in [0.29, 0.717) is 18.2 Å². The molecule has 1 aromatic carbocycles. The number of halogens is 1. The summed E-state index contributed by atoms with van der Waals surface area (Å²) in [5.74, 6) is -1.01. The summed E-state index contributed by atoms with van der Waals surface area (Å²) >= 11 is 0. The maximum atomic E-state index is 14.5. The molecule has 6 heteroatoms. The van der Waals surface area contributed by atoms with Gasteiger partial charge in [-0.05, 0) is 56.3 Å². The van der Waals surface area contributed by atoms with Crippen molar-refractivity contribution >= 4 is 5.91 Å². The number of nitrogens with one attached hydrogen (secondary N) is 2. The predicted molar refractivity (Wildman–Crippen MR) is 87.4 cm³/mol. The molecule has 0 aromatic heterocycles. The Hall–Kier alpha value is -1.50. The van der Waals surface area contributed by atoms with Crippen molar-refractivity contribution in [3.8, 4) is 0 Å². The molecule has 1 spiro atoms. The van der Waals surface area contributed by atoms with Crippen LogP contribution in [-0.2, 0) is 13.0 Å². The first-order chi connectivity index (χ1) is 11.6. The summed E-state index contributed by atoms with van der Waals surface area (Å²) in [6.07, 6.45) is 6.89.